The molecule has 1 amide bonds. The van der Waals surface area contributed by atoms with E-state index in [1.54, 1.807) is 12.3 Å². The molecule has 1 saturated heterocycles. The summed E-state index contributed by atoms with van der Waals surface area (Å²) in [5.74, 6) is 1.00. The van der Waals surface area contributed by atoms with E-state index in [2.05, 4.69) is 10.3 Å². The average molecular weight is 326 g/mol. The normalized spacial score (nSPS) is 16.4. The molecule has 0 radical (unpaired) electrons. The molecule has 1 N–H and O–H groups in total. The number of pyridine rings is 1. The van der Waals surface area contributed by atoms with Gasteiger partial charge in [-0.05, 0) is 37.5 Å². The third-order valence-electron chi connectivity index (χ3n) is 4.18. The molecule has 0 aliphatic carbocycles. The van der Waals surface area contributed by atoms with Gasteiger partial charge in [-0.2, -0.15) is 0 Å². The molecule has 0 saturated carbocycles. The van der Waals surface area contributed by atoms with Gasteiger partial charge in [-0.25, -0.2) is 4.98 Å². The van der Waals surface area contributed by atoms with Gasteiger partial charge in [-0.15, -0.1) is 0 Å². The molecule has 0 spiro atoms. The molecule has 5 nitrogen and oxygen atoms in total. The first kappa shape index (κ1) is 16.5. The van der Waals surface area contributed by atoms with Gasteiger partial charge in [0, 0.05) is 25.3 Å². The highest BCUT2D eigenvalue weighted by atomic mass is 16.5. The van der Waals surface area contributed by atoms with E-state index in [1.165, 1.54) is 0 Å². The number of anilines is 1. The Labute approximate surface area is 142 Å². The minimum absolute atomic E-state index is 0.0192. The predicted octanol–water partition coefficient (Wildman–Crippen LogP) is 3.59. The van der Waals surface area contributed by atoms with Crippen molar-refractivity contribution < 1.29 is 14.3 Å². The van der Waals surface area contributed by atoms with E-state index >= 15 is 0 Å². The van der Waals surface area contributed by atoms with Gasteiger partial charge in [0.25, 0.3) is 0 Å². The van der Waals surface area contributed by atoms with Gasteiger partial charge >= 0.3 is 0 Å². The van der Waals surface area contributed by atoms with Gasteiger partial charge in [0.15, 0.2) is 11.6 Å². The number of amides is 1. The first-order valence-corrected chi connectivity index (χ1v) is 8.29. The molecule has 3 rings (SSSR count). The number of nitrogens with zero attached hydrogens (tertiary/aromatic N) is 1. The van der Waals surface area contributed by atoms with Gasteiger partial charge in [-0.1, -0.05) is 30.3 Å². The lowest BCUT2D eigenvalue weighted by molar-refractivity contribution is -0.122. The number of carbonyl (C=O) groups excluding carboxylic acids is 1. The van der Waals surface area contributed by atoms with Crippen molar-refractivity contribution in [1.82, 2.24) is 4.98 Å². The van der Waals surface area contributed by atoms with Crippen molar-refractivity contribution in [2.45, 2.75) is 25.9 Å². The van der Waals surface area contributed by atoms with E-state index in [1.807, 2.05) is 43.3 Å². The Morgan fingerprint density at radius 1 is 1.21 bits per heavy atom. The quantitative estimate of drug-likeness (QED) is 0.912. The summed E-state index contributed by atoms with van der Waals surface area (Å²) in [4.78, 5) is 16.7. The molecule has 1 atom stereocenters. The third-order valence-corrected chi connectivity index (χ3v) is 4.18. The van der Waals surface area contributed by atoms with E-state index in [4.69, 9.17) is 9.47 Å². The molecule has 1 aliphatic heterocycles. The summed E-state index contributed by atoms with van der Waals surface area (Å²) in [5, 5.41) is 2.91. The second kappa shape index (κ2) is 7.93. The zero-order chi connectivity index (χ0) is 16.8. The van der Waals surface area contributed by atoms with Gasteiger partial charge in [0.05, 0.1) is 0 Å². The molecular formula is C19H22N2O3. The molecule has 1 aromatic heterocycles. The largest absolute Gasteiger partial charge is 0.482 e. The number of ether oxygens (including phenoxy) is 2. The van der Waals surface area contributed by atoms with Crippen LogP contribution in [0.25, 0.3) is 0 Å². The first-order valence-electron chi connectivity index (χ1n) is 8.29. The molecule has 1 aliphatic rings. The molecule has 1 fully saturated rings. The van der Waals surface area contributed by atoms with Crippen LogP contribution in [0, 0.1) is 5.92 Å². The molecule has 0 bridgehead atoms. The molecule has 5 heteroatoms. The smallest absolute Gasteiger partial charge is 0.228 e. The fourth-order valence-corrected chi connectivity index (χ4v) is 2.74. The standard InChI is InChI=1S/C19H22N2O3/c1-14(15-6-3-2-4-7-15)24-17-8-5-11-20-18(17)21-19(22)16-9-12-23-13-10-16/h2-8,11,14,16H,9-10,12-13H2,1H3,(H,20,21,22). The van der Waals surface area contributed by atoms with Crippen LogP contribution in [0.2, 0.25) is 0 Å². The second-order valence-electron chi connectivity index (χ2n) is 5.90. The van der Waals surface area contributed by atoms with Gasteiger partial charge in [-0.3, -0.25) is 4.79 Å². The Hall–Kier alpha value is -2.40. The van der Waals surface area contributed by atoms with Crippen LogP contribution in [0.5, 0.6) is 5.75 Å². The summed E-state index contributed by atoms with van der Waals surface area (Å²) in [6, 6.07) is 13.6. The van der Waals surface area contributed by atoms with Crippen LogP contribution in [0.3, 0.4) is 0 Å². The lowest BCUT2D eigenvalue weighted by Crippen LogP contribution is -2.29. The minimum Gasteiger partial charge on any atom is -0.482 e. The maximum atomic E-state index is 12.4. The van der Waals surface area contributed by atoms with Crippen LogP contribution >= 0.6 is 0 Å². The van der Waals surface area contributed by atoms with Crippen molar-refractivity contribution in [2.75, 3.05) is 18.5 Å². The summed E-state index contributed by atoms with van der Waals surface area (Å²) in [6.07, 6.45) is 3.01. The van der Waals surface area contributed by atoms with E-state index in [9.17, 15) is 4.79 Å². The number of carbonyl (C=O) groups is 1. The Morgan fingerprint density at radius 2 is 1.96 bits per heavy atom. The van der Waals surface area contributed by atoms with E-state index in [0.29, 0.717) is 24.8 Å². The van der Waals surface area contributed by atoms with Crippen molar-refractivity contribution in [3.63, 3.8) is 0 Å². The van der Waals surface area contributed by atoms with Crippen LogP contribution in [0.1, 0.15) is 31.4 Å². The monoisotopic (exact) mass is 326 g/mol. The van der Waals surface area contributed by atoms with Crippen LogP contribution in [-0.2, 0) is 9.53 Å². The average Bonchev–Trinajstić information content (AvgIpc) is 2.64. The van der Waals surface area contributed by atoms with Crippen LogP contribution in [-0.4, -0.2) is 24.1 Å². The van der Waals surface area contributed by atoms with Crippen molar-refractivity contribution in [3.8, 4) is 5.75 Å². The van der Waals surface area contributed by atoms with Gasteiger partial charge in [0.1, 0.15) is 6.10 Å². The summed E-state index contributed by atoms with van der Waals surface area (Å²) >= 11 is 0. The Balaban J connectivity index is 1.69. The van der Waals surface area contributed by atoms with Crippen molar-refractivity contribution >= 4 is 11.7 Å². The lowest BCUT2D eigenvalue weighted by Gasteiger charge is -2.22. The molecule has 2 aromatic rings. The topological polar surface area (TPSA) is 60.5 Å². The number of benzene rings is 1. The highest BCUT2D eigenvalue weighted by Gasteiger charge is 2.23. The Kier molecular flexibility index (Phi) is 5.43. The van der Waals surface area contributed by atoms with Crippen LogP contribution in [0.15, 0.2) is 48.7 Å². The maximum absolute atomic E-state index is 12.4. The molecule has 1 unspecified atom stereocenters. The number of hydrogen-bond donors (Lipinski definition) is 1. The highest BCUT2D eigenvalue weighted by Crippen LogP contribution is 2.28. The summed E-state index contributed by atoms with van der Waals surface area (Å²) in [5.41, 5.74) is 1.07. The number of rotatable bonds is 5. The minimum atomic E-state index is -0.130. The third kappa shape index (κ3) is 4.11. The van der Waals surface area contributed by atoms with Crippen molar-refractivity contribution in [3.05, 3.63) is 54.2 Å². The number of nitrogens with one attached hydrogen (secondary N) is 1. The van der Waals surface area contributed by atoms with Crippen molar-refractivity contribution in [1.29, 1.82) is 0 Å². The van der Waals surface area contributed by atoms with Crippen LogP contribution < -0.4 is 10.1 Å². The maximum Gasteiger partial charge on any atom is 0.228 e. The molecular weight excluding hydrogens is 304 g/mol. The SMILES string of the molecule is CC(Oc1cccnc1NC(=O)C1CCOCC1)c1ccccc1. The fourth-order valence-electron chi connectivity index (χ4n) is 2.74. The zero-order valence-corrected chi connectivity index (χ0v) is 13.8. The number of hydrogen-bond acceptors (Lipinski definition) is 4. The van der Waals surface area contributed by atoms with E-state index in [-0.39, 0.29) is 17.9 Å². The second-order valence-corrected chi connectivity index (χ2v) is 5.90. The lowest BCUT2D eigenvalue weighted by atomic mass is 9.99. The van der Waals surface area contributed by atoms with E-state index < -0.39 is 0 Å². The van der Waals surface area contributed by atoms with Gasteiger partial charge < -0.3 is 14.8 Å². The van der Waals surface area contributed by atoms with Crippen LogP contribution in [0.4, 0.5) is 5.82 Å². The fraction of sp³-hybridized carbons (Fsp3) is 0.368. The van der Waals surface area contributed by atoms with Crippen molar-refractivity contribution in [2.24, 2.45) is 5.92 Å². The Morgan fingerprint density at radius 3 is 2.71 bits per heavy atom. The summed E-state index contributed by atoms with van der Waals surface area (Å²) in [6.45, 7) is 3.25. The molecule has 2 heterocycles. The predicted molar refractivity (Wildman–Crippen MR) is 91.9 cm³/mol. The molecule has 1 aromatic carbocycles. The molecule has 126 valence electrons. The summed E-state index contributed by atoms with van der Waals surface area (Å²) < 4.78 is 11.3. The highest BCUT2D eigenvalue weighted by molar-refractivity contribution is 5.92. The summed E-state index contributed by atoms with van der Waals surface area (Å²) in [7, 11) is 0. The number of aromatic nitrogens is 1. The zero-order valence-electron chi connectivity index (χ0n) is 13.8. The first-order chi connectivity index (χ1) is 11.7. The Bertz CT molecular complexity index is 669. The van der Waals surface area contributed by atoms with E-state index in [0.717, 1.165) is 18.4 Å². The molecule has 24 heavy (non-hydrogen) atoms. The van der Waals surface area contributed by atoms with Gasteiger partial charge in [0.2, 0.25) is 5.91 Å².